The van der Waals surface area contributed by atoms with Crippen molar-refractivity contribution < 1.29 is 5.11 Å². The Kier molecular flexibility index (Phi) is 4.62. The van der Waals surface area contributed by atoms with Crippen molar-refractivity contribution in [1.82, 2.24) is 0 Å². The zero-order valence-electron chi connectivity index (χ0n) is 9.63. The predicted octanol–water partition coefficient (Wildman–Crippen LogP) is 4.12. The molecule has 0 saturated heterocycles. The summed E-state index contributed by atoms with van der Waals surface area (Å²) in [7, 11) is 0. The topological polar surface area (TPSA) is 20.2 Å². The molecule has 0 aromatic heterocycles. The van der Waals surface area contributed by atoms with E-state index in [4.69, 9.17) is 11.6 Å². The van der Waals surface area contributed by atoms with E-state index < -0.39 is 6.10 Å². The van der Waals surface area contributed by atoms with Crippen LogP contribution in [0.25, 0.3) is 0 Å². The van der Waals surface area contributed by atoms with Crippen LogP contribution in [0, 0.1) is 12.8 Å². The van der Waals surface area contributed by atoms with E-state index in [1.165, 1.54) is 0 Å². The number of aliphatic hydroxyl groups is 1. The first-order valence-corrected chi connectivity index (χ1v) is 5.88. The SMILES string of the molecule is CCCC(C)C(O)c1cccc(Cl)c1C. The molecule has 0 aliphatic rings. The number of hydrogen-bond acceptors (Lipinski definition) is 1. The summed E-state index contributed by atoms with van der Waals surface area (Å²) < 4.78 is 0. The van der Waals surface area contributed by atoms with Gasteiger partial charge in [0.15, 0.2) is 0 Å². The van der Waals surface area contributed by atoms with Crippen LogP contribution >= 0.6 is 11.6 Å². The molecule has 0 heterocycles. The van der Waals surface area contributed by atoms with E-state index in [9.17, 15) is 5.11 Å². The van der Waals surface area contributed by atoms with Crippen molar-refractivity contribution in [3.05, 3.63) is 34.3 Å². The van der Waals surface area contributed by atoms with Crippen LogP contribution in [0.4, 0.5) is 0 Å². The van der Waals surface area contributed by atoms with Gasteiger partial charge in [-0.15, -0.1) is 0 Å². The van der Waals surface area contributed by atoms with Crippen molar-refractivity contribution in [2.24, 2.45) is 5.92 Å². The van der Waals surface area contributed by atoms with Crippen molar-refractivity contribution in [1.29, 1.82) is 0 Å². The number of halogens is 1. The average Bonchev–Trinajstić information content (AvgIpc) is 2.21. The third-order valence-electron chi connectivity index (χ3n) is 2.91. The first kappa shape index (κ1) is 12.5. The summed E-state index contributed by atoms with van der Waals surface area (Å²) in [6.07, 6.45) is 1.73. The highest BCUT2D eigenvalue weighted by Gasteiger charge is 2.18. The van der Waals surface area contributed by atoms with Crippen LogP contribution in [0.1, 0.15) is 43.9 Å². The lowest BCUT2D eigenvalue weighted by atomic mass is 9.91. The van der Waals surface area contributed by atoms with Crippen molar-refractivity contribution in [3.63, 3.8) is 0 Å². The Bertz CT molecular complexity index is 322. The third kappa shape index (κ3) is 2.96. The summed E-state index contributed by atoms with van der Waals surface area (Å²) in [6.45, 7) is 6.17. The summed E-state index contributed by atoms with van der Waals surface area (Å²) in [5.41, 5.74) is 1.96. The average molecular weight is 227 g/mol. The number of hydrogen-bond donors (Lipinski definition) is 1. The molecule has 0 amide bonds. The monoisotopic (exact) mass is 226 g/mol. The molecule has 0 fully saturated rings. The molecule has 1 rings (SSSR count). The maximum Gasteiger partial charge on any atom is 0.0818 e. The molecule has 1 nitrogen and oxygen atoms in total. The molecule has 0 bridgehead atoms. The molecule has 2 atom stereocenters. The van der Waals surface area contributed by atoms with Crippen LogP contribution in [0.3, 0.4) is 0 Å². The Balaban J connectivity index is 2.90. The molecular formula is C13H19ClO. The highest BCUT2D eigenvalue weighted by molar-refractivity contribution is 6.31. The van der Waals surface area contributed by atoms with Crippen LogP contribution in [0.15, 0.2) is 18.2 Å². The first-order chi connectivity index (χ1) is 7.07. The zero-order chi connectivity index (χ0) is 11.4. The fraction of sp³-hybridized carbons (Fsp3) is 0.538. The van der Waals surface area contributed by atoms with Gasteiger partial charge in [-0.3, -0.25) is 0 Å². The second-order valence-corrected chi connectivity index (χ2v) is 4.57. The van der Waals surface area contributed by atoms with Crippen molar-refractivity contribution >= 4 is 11.6 Å². The number of aliphatic hydroxyl groups excluding tert-OH is 1. The molecule has 1 aromatic carbocycles. The van der Waals surface area contributed by atoms with Gasteiger partial charge >= 0.3 is 0 Å². The van der Waals surface area contributed by atoms with Gasteiger partial charge in [0.25, 0.3) is 0 Å². The Morgan fingerprint density at radius 2 is 2.07 bits per heavy atom. The molecule has 1 aromatic rings. The molecule has 84 valence electrons. The highest BCUT2D eigenvalue weighted by Crippen LogP contribution is 2.30. The van der Waals surface area contributed by atoms with Crippen LogP contribution in [0.5, 0.6) is 0 Å². The Morgan fingerprint density at radius 1 is 1.40 bits per heavy atom. The van der Waals surface area contributed by atoms with Crippen LogP contribution in [0.2, 0.25) is 5.02 Å². The largest absolute Gasteiger partial charge is 0.388 e. The van der Waals surface area contributed by atoms with Gasteiger partial charge in [-0.05, 0) is 36.5 Å². The quantitative estimate of drug-likeness (QED) is 0.819. The smallest absolute Gasteiger partial charge is 0.0818 e. The third-order valence-corrected chi connectivity index (χ3v) is 3.32. The van der Waals surface area contributed by atoms with E-state index in [2.05, 4.69) is 13.8 Å². The van der Waals surface area contributed by atoms with Crippen molar-refractivity contribution in [2.45, 2.75) is 39.7 Å². The molecule has 15 heavy (non-hydrogen) atoms. The fourth-order valence-electron chi connectivity index (χ4n) is 1.86. The predicted molar refractivity (Wildman–Crippen MR) is 65.2 cm³/mol. The van der Waals surface area contributed by atoms with E-state index in [1.807, 2.05) is 25.1 Å². The molecule has 1 N–H and O–H groups in total. The molecule has 2 heteroatoms. The number of benzene rings is 1. The van der Waals surface area contributed by atoms with Gasteiger partial charge in [-0.25, -0.2) is 0 Å². The minimum Gasteiger partial charge on any atom is -0.388 e. The van der Waals surface area contributed by atoms with Gasteiger partial charge in [0.05, 0.1) is 6.10 Å². The van der Waals surface area contributed by atoms with E-state index in [0.29, 0.717) is 0 Å². The number of rotatable bonds is 4. The lowest BCUT2D eigenvalue weighted by Crippen LogP contribution is -2.10. The molecule has 0 radical (unpaired) electrons. The van der Waals surface area contributed by atoms with E-state index in [1.54, 1.807) is 0 Å². The zero-order valence-corrected chi connectivity index (χ0v) is 10.4. The van der Waals surface area contributed by atoms with Gasteiger partial charge in [0.1, 0.15) is 0 Å². The van der Waals surface area contributed by atoms with Gasteiger partial charge in [0.2, 0.25) is 0 Å². The van der Waals surface area contributed by atoms with Gasteiger partial charge in [-0.1, -0.05) is 44.0 Å². The Hall–Kier alpha value is -0.530. The van der Waals surface area contributed by atoms with Crippen molar-refractivity contribution in [2.75, 3.05) is 0 Å². The van der Waals surface area contributed by atoms with E-state index >= 15 is 0 Å². The fourth-order valence-corrected chi connectivity index (χ4v) is 2.05. The highest BCUT2D eigenvalue weighted by atomic mass is 35.5. The second kappa shape index (κ2) is 5.53. The molecular weight excluding hydrogens is 208 g/mol. The Labute approximate surface area is 97.1 Å². The maximum absolute atomic E-state index is 10.2. The summed E-state index contributed by atoms with van der Waals surface area (Å²) >= 11 is 6.03. The summed E-state index contributed by atoms with van der Waals surface area (Å²) in [5, 5.41) is 10.9. The second-order valence-electron chi connectivity index (χ2n) is 4.16. The van der Waals surface area contributed by atoms with Gasteiger partial charge in [0, 0.05) is 5.02 Å². The molecule has 2 unspecified atom stereocenters. The molecule has 0 spiro atoms. The van der Waals surface area contributed by atoms with E-state index in [0.717, 1.165) is 29.0 Å². The normalized spacial score (nSPS) is 15.0. The minimum absolute atomic E-state index is 0.284. The minimum atomic E-state index is -0.399. The van der Waals surface area contributed by atoms with E-state index in [-0.39, 0.29) is 5.92 Å². The summed E-state index contributed by atoms with van der Waals surface area (Å²) in [5.74, 6) is 0.284. The molecule has 0 aliphatic carbocycles. The lowest BCUT2D eigenvalue weighted by molar-refractivity contribution is 0.112. The standard InChI is InChI=1S/C13H19ClO/c1-4-6-9(2)13(15)11-7-5-8-12(14)10(11)3/h5,7-9,13,15H,4,6H2,1-3H3. The summed E-state index contributed by atoms with van der Waals surface area (Å²) in [6, 6.07) is 5.71. The van der Waals surface area contributed by atoms with Crippen molar-refractivity contribution in [3.8, 4) is 0 Å². The molecule has 0 aliphatic heterocycles. The van der Waals surface area contributed by atoms with Crippen LogP contribution < -0.4 is 0 Å². The molecule has 0 saturated carbocycles. The van der Waals surface area contributed by atoms with Crippen LogP contribution in [-0.4, -0.2) is 5.11 Å². The Morgan fingerprint density at radius 3 is 2.67 bits per heavy atom. The lowest BCUT2D eigenvalue weighted by Gasteiger charge is -2.20. The summed E-state index contributed by atoms with van der Waals surface area (Å²) in [4.78, 5) is 0. The first-order valence-electron chi connectivity index (χ1n) is 5.51. The van der Waals surface area contributed by atoms with Gasteiger partial charge in [-0.2, -0.15) is 0 Å². The maximum atomic E-state index is 10.2. The van der Waals surface area contributed by atoms with Crippen LogP contribution in [-0.2, 0) is 0 Å². The van der Waals surface area contributed by atoms with Gasteiger partial charge < -0.3 is 5.11 Å².